The summed E-state index contributed by atoms with van der Waals surface area (Å²) in [4.78, 5) is 14.5. The Morgan fingerprint density at radius 1 is 1.08 bits per heavy atom. The molecule has 0 heterocycles. The first-order valence-corrected chi connectivity index (χ1v) is 8.14. The van der Waals surface area contributed by atoms with Crippen LogP contribution in [0.4, 0.5) is 0 Å². The number of nitrogens with two attached hydrogens (primary N) is 1. The molecule has 0 aliphatic carbocycles. The number of benzene rings is 2. The molecular weight excluding hydrogens is 300 g/mol. The van der Waals surface area contributed by atoms with E-state index in [2.05, 4.69) is 13.8 Å². The van der Waals surface area contributed by atoms with Gasteiger partial charge in [0, 0.05) is 24.7 Å². The third kappa shape index (κ3) is 4.83. The Morgan fingerprint density at radius 3 is 2.38 bits per heavy atom. The quantitative estimate of drug-likeness (QED) is 0.849. The van der Waals surface area contributed by atoms with Crippen LogP contribution in [0.5, 0.6) is 5.75 Å². The first-order chi connectivity index (χ1) is 11.4. The number of ether oxygens (including phenoxy) is 1. The average molecular weight is 326 g/mol. The summed E-state index contributed by atoms with van der Waals surface area (Å²) in [7, 11) is 1.81. The summed E-state index contributed by atoms with van der Waals surface area (Å²) in [5.41, 5.74) is 7.21. The van der Waals surface area contributed by atoms with E-state index in [1.807, 2.05) is 61.6 Å². The molecule has 2 aromatic rings. The van der Waals surface area contributed by atoms with Crippen LogP contribution in [0, 0.1) is 5.41 Å². The summed E-state index contributed by atoms with van der Waals surface area (Å²) in [6.45, 7) is 5.61. The highest BCUT2D eigenvalue weighted by Crippen LogP contribution is 2.19. The summed E-state index contributed by atoms with van der Waals surface area (Å²) < 4.78 is 5.79. The molecule has 0 atom stereocenters. The van der Waals surface area contributed by atoms with Crippen molar-refractivity contribution in [2.45, 2.75) is 20.5 Å². The molecule has 0 radical (unpaired) electrons. The molecule has 0 aromatic heterocycles. The fourth-order valence-electron chi connectivity index (χ4n) is 2.52. The summed E-state index contributed by atoms with van der Waals surface area (Å²) in [6, 6.07) is 17.2. The van der Waals surface area contributed by atoms with Crippen molar-refractivity contribution in [1.82, 2.24) is 4.90 Å². The van der Waals surface area contributed by atoms with Crippen molar-refractivity contribution in [2.75, 3.05) is 20.1 Å². The Hall–Kier alpha value is -2.33. The summed E-state index contributed by atoms with van der Waals surface area (Å²) in [6.07, 6.45) is 0. The molecule has 0 unspecified atom stereocenters. The van der Waals surface area contributed by atoms with Crippen LogP contribution in [0.25, 0.3) is 0 Å². The Bertz CT molecular complexity index is 668. The maximum absolute atomic E-state index is 12.8. The van der Waals surface area contributed by atoms with E-state index in [4.69, 9.17) is 10.5 Å². The standard InChI is InChI=1S/C20H26N2O2/c1-20(2,14-21)15-22(3)19(23)18-12-8-7-9-16(18)13-24-17-10-5-4-6-11-17/h4-12H,13-15,21H2,1-3H3. The molecule has 0 aliphatic heterocycles. The normalized spacial score (nSPS) is 11.2. The Morgan fingerprint density at radius 2 is 1.71 bits per heavy atom. The number of amides is 1. The first kappa shape index (κ1) is 18.0. The Labute approximate surface area is 144 Å². The highest BCUT2D eigenvalue weighted by atomic mass is 16.5. The van der Waals surface area contributed by atoms with Gasteiger partial charge in [-0.3, -0.25) is 4.79 Å². The molecule has 2 aromatic carbocycles. The lowest BCUT2D eigenvalue weighted by Crippen LogP contribution is -2.40. The zero-order valence-electron chi connectivity index (χ0n) is 14.7. The first-order valence-electron chi connectivity index (χ1n) is 8.14. The largest absolute Gasteiger partial charge is 0.489 e. The third-order valence-electron chi connectivity index (χ3n) is 3.95. The van der Waals surface area contributed by atoms with Gasteiger partial charge in [0.1, 0.15) is 12.4 Å². The minimum atomic E-state index is -0.111. The van der Waals surface area contributed by atoms with E-state index in [-0.39, 0.29) is 11.3 Å². The summed E-state index contributed by atoms with van der Waals surface area (Å²) in [5.74, 6) is 0.779. The molecule has 0 bridgehead atoms. The molecule has 2 N–H and O–H groups in total. The monoisotopic (exact) mass is 326 g/mol. The molecule has 0 saturated heterocycles. The third-order valence-corrected chi connectivity index (χ3v) is 3.95. The van der Waals surface area contributed by atoms with Crippen molar-refractivity contribution in [1.29, 1.82) is 0 Å². The lowest BCUT2D eigenvalue weighted by Gasteiger charge is -2.29. The summed E-state index contributed by atoms with van der Waals surface area (Å²) >= 11 is 0. The molecule has 4 nitrogen and oxygen atoms in total. The van der Waals surface area contributed by atoms with Crippen molar-refractivity contribution in [3.63, 3.8) is 0 Å². The van der Waals surface area contributed by atoms with Crippen molar-refractivity contribution in [3.8, 4) is 5.75 Å². The molecule has 24 heavy (non-hydrogen) atoms. The van der Waals surface area contributed by atoms with Crippen LogP contribution in [-0.2, 0) is 6.61 Å². The molecule has 2 rings (SSSR count). The van der Waals surface area contributed by atoms with Crippen molar-refractivity contribution >= 4 is 5.91 Å². The second-order valence-corrected chi connectivity index (χ2v) is 6.79. The molecular formula is C20H26N2O2. The van der Waals surface area contributed by atoms with E-state index < -0.39 is 0 Å². The number of para-hydroxylation sites is 1. The molecule has 128 valence electrons. The van der Waals surface area contributed by atoms with Gasteiger partial charge < -0.3 is 15.4 Å². The van der Waals surface area contributed by atoms with Gasteiger partial charge in [0.05, 0.1) is 0 Å². The number of carbonyl (C=O) groups is 1. The predicted molar refractivity (Wildman–Crippen MR) is 97.0 cm³/mol. The van der Waals surface area contributed by atoms with Gasteiger partial charge in [-0.1, -0.05) is 50.2 Å². The molecule has 0 saturated carbocycles. The van der Waals surface area contributed by atoms with E-state index in [9.17, 15) is 4.79 Å². The molecule has 0 spiro atoms. The van der Waals surface area contributed by atoms with Crippen molar-refractivity contribution in [2.24, 2.45) is 11.1 Å². The van der Waals surface area contributed by atoms with Gasteiger partial charge in [-0.15, -0.1) is 0 Å². The maximum atomic E-state index is 12.8. The van der Waals surface area contributed by atoms with Gasteiger partial charge in [0.15, 0.2) is 0 Å². The molecule has 4 heteroatoms. The van der Waals surface area contributed by atoms with Gasteiger partial charge in [-0.05, 0) is 30.2 Å². The number of carbonyl (C=O) groups excluding carboxylic acids is 1. The van der Waals surface area contributed by atoms with E-state index in [0.29, 0.717) is 25.3 Å². The van der Waals surface area contributed by atoms with Crippen LogP contribution in [0.1, 0.15) is 29.8 Å². The van der Waals surface area contributed by atoms with E-state index in [1.165, 1.54) is 0 Å². The lowest BCUT2D eigenvalue weighted by atomic mass is 9.93. The maximum Gasteiger partial charge on any atom is 0.254 e. The highest BCUT2D eigenvalue weighted by Gasteiger charge is 2.23. The summed E-state index contributed by atoms with van der Waals surface area (Å²) in [5, 5.41) is 0. The van der Waals surface area contributed by atoms with Gasteiger partial charge in [0.2, 0.25) is 0 Å². The minimum Gasteiger partial charge on any atom is -0.489 e. The second kappa shape index (κ2) is 7.97. The van der Waals surface area contributed by atoms with Crippen molar-refractivity contribution < 1.29 is 9.53 Å². The number of rotatable bonds is 7. The fourth-order valence-corrected chi connectivity index (χ4v) is 2.52. The van der Waals surface area contributed by atoms with Crippen LogP contribution in [0.3, 0.4) is 0 Å². The SMILES string of the molecule is CN(CC(C)(C)CN)C(=O)c1ccccc1COc1ccccc1. The van der Waals surface area contributed by atoms with Crippen LogP contribution in [0.15, 0.2) is 54.6 Å². The number of hydrogen-bond donors (Lipinski definition) is 1. The minimum absolute atomic E-state index is 0.0104. The average Bonchev–Trinajstić information content (AvgIpc) is 2.60. The van der Waals surface area contributed by atoms with Crippen LogP contribution in [-0.4, -0.2) is 30.9 Å². The van der Waals surface area contributed by atoms with Crippen LogP contribution in [0.2, 0.25) is 0 Å². The number of hydrogen-bond acceptors (Lipinski definition) is 3. The second-order valence-electron chi connectivity index (χ2n) is 6.79. The smallest absolute Gasteiger partial charge is 0.254 e. The van der Waals surface area contributed by atoms with E-state index in [1.54, 1.807) is 4.90 Å². The van der Waals surface area contributed by atoms with Gasteiger partial charge in [-0.2, -0.15) is 0 Å². The van der Waals surface area contributed by atoms with Crippen LogP contribution >= 0.6 is 0 Å². The van der Waals surface area contributed by atoms with Gasteiger partial charge in [-0.25, -0.2) is 0 Å². The molecule has 0 aliphatic rings. The van der Waals surface area contributed by atoms with E-state index in [0.717, 1.165) is 11.3 Å². The van der Waals surface area contributed by atoms with Gasteiger partial charge >= 0.3 is 0 Å². The molecule has 1 amide bonds. The Kier molecular flexibility index (Phi) is 5.99. The highest BCUT2D eigenvalue weighted by molar-refractivity contribution is 5.95. The van der Waals surface area contributed by atoms with Crippen molar-refractivity contribution in [3.05, 3.63) is 65.7 Å². The predicted octanol–water partition coefficient (Wildman–Crippen LogP) is 3.32. The fraction of sp³-hybridized carbons (Fsp3) is 0.350. The van der Waals surface area contributed by atoms with Crippen LogP contribution < -0.4 is 10.5 Å². The molecule has 0 fully saturated rings. The zero-order chi connectivity index (χ0) is 17.6. The van der Waals surface area contributed by atoms with E-state index >= 15 is 0 Å². The number of nitrogens with zero attached hydrogens (tertiary/aromatic N) is 1. The lowest BCUT2D eigenvalue weighted by molar-refractivity contribution is 0.0738. The topological polar surface area (TPSA) is 55.6 Å². The zero-order valence-corrected chi connectivity index (χ0v) is 14.7. The Balaban J connectivity index is 2.11. The van der Waals surface area contributed by atoms with Gasteiger partial charge in [0.25, 0.3) is 5.91 Å².